The van der Waals surface area contributed by atoms with E-state index in [1.165, 1.54) is 24.3 Å². The van der Waals surface area contributed by atoms with Crippen LogP contribution in [0.25, 0.3) is 0 Å². The second-order valence-corrected chi connectivity index (χ2v) is 7.78. The Hall–Kier alpha value is -3.24. The molecule has 0 fully saturated rings. The smallest absolute Gasteiger partial charge is 0.254 e. The fourth-order valence-corrected chi connectivity index (χ4v) is 3.26. The molecule has 0 aliphatic carbocycles. The lowest BCUT2D eigenvalue weighted by atomic mass is 10.1. The van der Waals surface area contributed by atoms with E-state index >= 15 is 0 Å². The third-order valence-electron chi connectivity index (χ3n) is 4.18. The molecule has 0 saturated heterocycles. The van der Waals surface area contributed by atoms with Crippen molar-refractivity contribution in [3.8, 4) is 0 Å². The second kappa shape index (κ2) is 7.79. The van der Waals surface area contributed by atoms with E-state index in [1.807, 2.05) is 0 Å². The van der Waals surface area contributed by atoms with Crippen LogP contribution in [0.5, 0.6) is 0 Å². The molecule has 146 valence electrons. The van der Waals surface area contributed by atoms with Gasteiger partial charge in [-0.05, 0) is 42.8 Å². The molecular weight excluding hydrogens is 384 g/mol. The molecule has 3 amide bonds. The number of fused-ring (bicyclic) bond motifs is 1. The van der Waals surface area contributed by atoms with Crippen molar-refractivity contribution in [3.63, 3.8) is 0 Å². The average molecular weight is 402 g/mol. The predicted octanol–water partition coefficient (Wildman–Crippen LogP) is 0.803. The summed E-state index contributed by atoms with van der Waals surface area (Å²) in [7, 11) is -3.81. The molecule has 0 aromatic heterocycles. The fourth-order valence-electron chi connectivity index (χ4n) is 2.74. The lowest BCUT2D eigenvalue weighted by molar-refractivity contribution is -0.118. The Morgan fingerprint density at radius 2 is 1.75 bits per heavy atom. The van der Waals surface area contributed by atoms with E-state index in [4.69, 9.17) is 5.14 Å². The zero-order chi connectivity index (χ0) is 20.3. The first-order valence-electron chi connectivity index (χ1n) is 8.37. The highest BCUT2D eigenvalue weighted by molar-refractivity contribution is 7.89. The molecule has 0 bridgehead atoms. The molecule has 0 unspecified atom stereocenters. The van der Waals surface area contributed by atoms with E-state index in [-0.39, 0.29) is 23.6 Å². The number of sulfonamides is 1. The highest BCUT2D eigenvalue weighted by Crippen LogP contribution is 2.19. The first kappa shape index (κ1) is 19.5. The third-order valence-corrected chi connectivity index (χ3v) is 5.11. The van der Waals surface area contributed by atoms with Gasteiger partial charge in [-0.3, -0.25) is 14.4 Å². The van der Waals surface area contributed by atoms with Gasteiger partial charge in [0.1, 0.15) is 6.04 Å². The summed E-state index contributed by atoms with van der Waals surface area (Å²) in [4.78, 5) is 36.6. The lowest BCUT2D eigenvalue weighted by Crippen LogP contribution is -2.41. The molecule has 0 radical (unpaired) electrons. The maximum absolute atomic E-state index is 12.3. The van der Waals surface area contributed by atoms with Crippen molar-refractivity contribution in [2.45, 2.75) is 23.8 Å². The Labute approximate surface area is 161 Å². The van der Waals surface area contributed by atoms with Crippen molar-refractivity contribution in [1.82, 2.24) is 5.32 Å². The first-order chi connectivity index (χ1) is 13.2. The predicted molar refractivity (Wildman–Crippen MR) is 102 cm³/mol. The van der Waals surface area contributed by atoms with E-state index in [0.717, 1.165) is 0 Å². The van der Waals surface area contributed by atoms with Crippen molar-refractivity contribution in [3.05, 3.63) is 54.1 Å². The Morgan fingerprint density at radius 1 is 1.07 bits per heavy atom. The van der Waals surface area contributed by atoms with Crippen LogP contribution in [-0.2, 0) is 19.6 Å². The number of carbonyl (C=O) groups is 3. The van der Waals surface area contributed by atoms with E-state index in [9.17, 15) is 22.8 Å². The summed E-state index contributed by atoms with van der Waals surface area (Å²) in [6, 6.07) is 11.2. The maximum Gasteiger partial charge on any atom is 0.254 e. The van der Waals surface area contributed by atoms with Gasteiger partial charge in [0, 0.05) is 12.1 Å². The molecule has 2 aromatic carbocycles. The van der Waals surface area contributed by atoms with Crippen LogP contribution >= 0.6 is 0 Å². The monoisotopic (exact) mass is 402 g/mol. The van der Waals surface area contributed by atoms with Crippen LogP contribution < -0.4 is 21.1 Å². The number of hydrogen-bond donors (Lipinski definition) is 4. The van der Waals surface area contributed by atoms with Crippen LogP contribution in [0.4, 0.5) is 11.4 Å². The number of para-hydroxylation sites is 1. The number of anilines is 2. The van der Waals surface area contributed by atoms with Crippen LogP contribution in [0.2, 0.25) is 0 Å². The third kappa shape index (κ3) is 4.53. The summed E-state index contributed by atoms with van der Waals surface area (Å²) in [5.74, 6) is -1.17. The van der Waals surface area contributed by atoms with Gasteiger partial charge >= 0.3 is 0 Å². The van der Waals surface area contributed by atoms with E-state index in [0.29, 0.717) is 16.9 Å². The van der Waals surface area contributed by atoms with Crippen molar-refractivity contribution >= 4 is 39.1 Å². The van der Waals surface area contributed by atoms with Gasteiger partial charge in [-0.15, -0.1) is 0 Å². The zero-order valence-electron chi connectivity index (χ0n) is 14.6. The molecule has 9 nitrogen and oxygen atoms in total. The minimum Gasteiger partial charge on any atom is -0.340 e. The first-order valence-corrected chi connectivity index (χ1v) is 9.92. The Morgan fingerprint density at radius 3 is 2.43 bits per heavy atom. The quantitative estimate of drug-likeness (QED) is 0.584. The van der Waals surface area contributed by atoms with Crippen LogP contribution in [-0.4, -0.2) is 32.2 Å². The van der Waals surface area contributed by atoms with Gasteiger partial charge in [0.05, 0.1) is 16.1 Å². The van der Waals surface area contributed by atoms with E-state index in [1.54, 1.807) is 24.3 Å². The highest BCUT2D eigenvalue weighted by Gasteiger charge is 2.27. The summed E-state index contributed by atoms with van der Waals surface area (Å²) in [5, 5.41) is 12.9. The Kier molecular flexibility index (Phi) is 5.43. The van der Waals surface area contributed by atoms with Crippen molar-refractivity contribution in [1.29, 1.82) is 0 Å². The number of hydrogen-bond acceptors (Lipinski definition) is 5. The van der Waals surface area contributed by atoms with E-state index in [2.05, 4.69) is 16.0 Å². The zero-order valence-corrected chi connectivity index (χ0v) is 15.5. The van der Waals surface area contributed by atoms with Gasteiger partial charge in [0.25, 0.3) is 5.91 Å². The molecule has 0 spiro atoms. The molecule has 3 rings (SSSR count). The van der Waals surface area contributed by atoms with E-state index < -0.39 is 27.9 Å². The summed E-state index contributed by atoms with van der Waals surface area (Å²) >= 11 is 0. The minimum atomic E-state index is -3.81. The number of benzene rings is 2. The molecule has 1 heterocycles. The highest BCUT2D eigenvalue weighted by atomic mass is 32.2. The van der Waals surface area contributed by atoms with Crippen molar-refractivity contribution < 1.29 is 22.8 Å². The summed E-state index contributed by atoms with van der Waals surface area (Å²) < 4.78 is 22.5. The summed E-state index contributed by atoms with van der Waals surface area (Å²) in [6.07, 6.45) is 0.0817. The SMILES string of the molecule is NS(=O)(=O)c1ccc(NC(=O)CC[C@H]2NC(=O)c3ccccc3NC2=O)cc1. The van der Waals surface area contributed by atoms with Crippen molar-refractivity contribution in [2.75, 3.05) is 10.6 Å². The molecule has 1 aliphatic rings. The number of amides is 3. The van der Waals surface area contributed by atoms with Crippen LogP contribution in [0, 0.1) is 0 Å². The van der Waals surface area contributed by atoms with Gasteiger partial charge in [-0.2, -0.15) is 0 Å². The Balaban J connectivity index is 1.59. The van der Waals surface area contributed by atoms with Crippen LogP contribution in [0.3, 0.4) is 0 Å². The summed E-state index contributed by atoms with van der Waals surface area (Å²) in [6.45, 7) is 0. The molecule has 2 aromatic rings. The summed E-state index contributed by atoms with van der Waals surface area (Å²) in [5.41, 5.74) is 1.17. The maximum atomic E-state index is 12.3. The topological polar surface area (TPSA) is 147 Å². The Bertz CT molecular complexity index is 1030. The van der Waals surface area contributed by atoms with Crippen LogP contribution in [0.15, 0.2) is 53.4 Å². The molecule has 0 saturated carbocycles. The molecule has 5 N–H and O–H groups in total. The van der Waals surface area contributed by atoms with Gasteiger partial charge in [0.2, 0.25) is 21.8 Å². The molecule has 1 aliphatic heterocycles. The second-order valence-electron chi connectivity index (χ2n) is 6.22. The number of carbonyl (C=O) groups excluding carboxylic acids is 3. The standard InChI is InChI=1S/C18H18N4O5S/c19-28(26,27)12-7-5-11(6-8-12)20-16(23)10-9-15-18(25)21-14-4-2-1-3-13(14)17(24)22-15/h1-8,15H,9-10H2,(H,20,23)(H,21,25)(H,22,24)(H2,19,26,27)/t15-/m1/s1. The molecule has 10 heteroatoms. The minimum absolute atomic E-state index is 0.0222. The molecular formula is C18H18N4O5S. The average Bonchev–Trinajstić information content (AvgIpc) is 2.76. The van der Waals surface area contributed by atoms with Crippen molar-refractivity contribution in [2.24, 2.45) is 5.14 Å². The molecule has 1 atom stereocenters. The number of nitrogens with two attached hydrogens (primary N) is 1. The number of nitrogens with one attached hydrogen (secondary N) is 3. The number of rotatable bonds is 5. The number of primary sulfonamides is 1. The van der Waals surface area contributed by atoms with Gasteiger partial charge in [-0.1, -0.05) is 12.1 Å². The normalized spacial score (nSPS) is 16.4. The van der Waals surface area contributed by atoms with Crippen LogP contribution in [0.1, 0.15) is 23.2 Å². The van der Waals surface area contributed by atoms with Gasteiger partial charge in [0.15, 0.2) is 0 Å². The van der Waals surface area contributed by atoms with Gasteiger partial charge in [-0.25, -0.2) is 13.6 Å². The fraction of sp³-hybridized carbons (Fsp3) is 0.167. The lowest BCUT2D eigenvalue weighted by Gasteiger charge is -2.14. The largest absolute Gasteiger partial charge is 0.340 e. The molecule has 28 heavy (non-hydrogen) atoms. The van der Waals surface area contributed by atoms with Gasteiger partial charge < -0.3 is 16.0 Å².